The molecule has 0 bridgehead atoms. The first kappa shape index (κ1) is 17.6. The summed E-state index contributed by atoms with van der Waals surface area (Å²) in [6, 6.07) is 12.2. The zero-order valence-electron chi connectivity index (χ0n) is 14.1. The van der Waals surface area contributed by atoms with Gasteiger partial charge in [0.25, 0.3) is 0 Å². The van der Waals surface area contributed by atoms with Crippen LogP contribution >= 0.6 is 0 Å². The van der Waals surface area contributed by atoms with Gasteiger partial charge in [-0.3, -0.25) is 4.79 Å². The normalized spacial score (nSPS) is 11.9. The van der Waals surface area contributed by atoms with Crippen molar-refractivity contribution in [2.24, 2.45) is 0 Å². The van der Waals surface area contributed by atoms with Gasteiger partial charge in [-0.1, -0.05) is 23.4 Å². The Morgan fingerprint density at radius 2 is 1.96 bits per heavy atom. The molecule has 0 saturated carbocycles. The molecule has 1 heterocycles. The Hall–Kier alpha value is -3.22. The summed E-state index contributed by atoms with van der Waals surface area (Å²) < 4.78 is 18.2. The van der Waals surface area contributed by atoms with Crippen molar-refractivity contribution in [2.45, 2.75) is 25.8 Å². The lowest BCUT2D eigenvalue weighted by molar-refractivity contribution is -0.121. The molecule has 6 nitrogen and oxygen atoms in total. The molecule has 3 rings (SSSR count). The topological polar surface area (TPSA) is 88.2 Å². The summed E-state index contributed by atoms with van der Waals surface area (Å²) in [4.78, 5) is 16.3. The van der Waals surface area contributed by atoms with Gasteiger partial charge in [0, 0.05) is 12.0 Å². The Morgan fingerprint density at radius 3 is 2.69 bits per heavy atom. The summed E-state index contributed by atoms with van der Waals surface area (Å²) in [5.74, 6) is 0.231. The summed E-state index contributed by atoms with van der Waals surface area (Å²) in [6.07, 6.45) is 0.650. The molecule has 1 amide bonds. The average Bonchev–Trinajstić information content (AvgIpc) is 3.12. The van der Waals surface area contributed by atoms with E-state index in [0.29, 0.717) is 23.4 Å². The first-order valence-corrected chi connectivity index (χ1v) is 8.18. The van der Waals surface area contributed by atoms with Gasteiger partial charge in [-0.15, -0.1) is 0 Å². The molecule has 7 heteroatoms. The smallest absolute Gasteiger partial charge is 0.249 e. The van der Waals surface area contributed by atoms with Crippen molar-refractivity contribution >= 4 is 5.91 Å². The second kappa shape index (κ2) is 7.77. The molecule has 0 aliphatic carbocycles. The maximum atomic E-state index is 13.0. The number of nitrogens with zero attached hydrogens (tertiary/aromatic N) is 2. The Balaban J connectivity index is 1.58. The first-order valence-electron chi connectivity index (χ1n) is 8.18. The molecule has 0 aliphatic rings. The number of aromatic hydroxyl groups is 1. The highest BCUT2D eigenvalue weighted by Crippen LogP contribution is 2.20. The SMILES string of the molecule is CC(NC(=O)CCc1ccccc1O)c1nc(-c2ccc(F)cc2)no1. The summed E-state index contributed by atoms with van der Waals surface area (Å²) in [5.41, 5.74) is 1.34. The molecule has 1 atom stereocenters. The van der Waals surface area contributed by atoms with E-state index < -0.39 is 6.04 Å². The molecule has 0 aliphatic heterocycles. The van der Waals surface area contributed by atoms with Crippen LogP contribution in [0.4, 0.5) is 4.39 Å². The van der Waals surface area contributed by atoms with Gasteiger partial charge in [-0.2, -0.15) is 4.98 Å². The molecule has 0 fully saturated rings. The van der Waals surface area contributed by atoms with Crippen molar-refractivity contribution in [1.29, 1.82) is 0 Å². The number of carbonyl (C=O) groups is 1. The van der Waals surface area contributed by atoms with Crippen LogP contribution in [0.1, 0.15) is 30.8 Å². The highest BCUT2D eigenvalue weighted by Gasteiger charge is 2.17. The summed E-state index contributed by atoms with van der Waals surface area (Å²) in [7, 11) is 0. The maximum absolute atomic E-state index is 13.0. The second-order valence-electron chi connectivity index (χ2n) is 5.88. The van der Waals surface area contributed by atoms with Gasteiger partial charge in [-0.25, -0.2) is 4.39 Å². The van der Waals surface area contributed by atoms with Gasteiger partial charge in [0.05, 0.1) is 0 Å². The number of nitrogens with one attached hydrogen (secondary N) is 1. The molecule has 1 unspecified atom stereocenters. The van der Waals surface area contributed by atoms with Crippen LogP contribution in [0.2, 0.25) is 0 Å². The number of rotatable bonds is 6. The van der Waals surface area contributed by atoms with E-state index in [1.54, 1.807) is 37.3 Å². The number of amides is 1. The van der Waals surface area contributed by atoms with E-state index in [4.69, 9.17) is 4.52 Å². The number of para-hydroxylation sites is 1. The van der Waals surface area contributed by atoms with Crippen molar-refractivity contribution < 1.29 is 18.8 Å². The predicted octanol–water partition coefficient (Wildman–Crippen LogP) is 3.39. The largest absolute Gasteiger partial charge is 0.508 e. The number of hydrogen-bond donors (Lipinski definition) is 2. The number of phenols is 1. The van der Waals surface area contributed by atoms with E-state index in [-0.39, 0.29) is 29.8 Å². The van der Waals surface area contributed by atoms with E-state index in [1.165, 1.54) is 12.1 Å². The van der Waals surface area contributed by atoms with Crippen LogP contribution in [0, 0.1) is 5.82 Å². The monoisotopic (exact) mass is 355 g/mol. The van der Waals surface area contributed by atoms with Crippen LogP contribution < -0.4 is 5.32 Å². The van der Waals surface area contributed by atoms with Crippen molar-refractivity contribution in [1.82, 2.24) is 15.5 Å². The Kier molecular flexibility index (Phi) is 5.26. The molecule has 0 spiro atoms. The van der Waals surface area contributed by atoms with Gasteiger partial charge in [-0.05, 0) is 49.2 Å². The molecule has 2 aromatic carbocycles. The third-order valence-corrected chi connectivity index (χ3v) is 3.91. The molecule has 2 N–H and O–H groups in total. The number of aryl methyl sites for hydroxylation is 1. The third kappa shape index (κ3) is 4.24. The quantitative estimate of drug-likeness (QED) is 0.708. The minimum atomic E-state index is -0.464. The molecular weight excluding hydrogens is 337 g/mol. The zero-order chi connectivity index (χ0) is 18.5. The molecule has 0 saturated heterocycles. The standard InChI is InChI=1S/C19H18FN3O3/c1-12(21-17(25)11-8-13-4-2-3-5-16(13)24)19-22-18(23-26-19)14-6-9-15(20)10-7-14/h2-7,9-10,12,24H,8,11H2,1H3,(H,21,25). The van der Waals surface area contributed by atoms with Crippen LogP contribution in [0.15, 0.2) is 53.1 Å². The fraction of sp³-hybridized carbons (Fsp3) is 0.211. The zero-order valence-corrected chi connectivity index (χ0v) is 14.1. The Labute approximate surface area is 149 Å². The second-order valence-corrected chi connectivity index (χ2v) is 5.88. The van der Waals surface area contributed by atoms with Crippen molar-refractivity contribution in [3.05, 3.63) is 65.8 Å². The Morgan fingerprint density at radius 1 is 1.23 bits per heavy atom. The number of carbonyl (C=O) groups excluding carboxylic acids is 1. The van der Waals surface area contributed by atoms with Crippen LogP contribution in [0.25, 0.3) is 11.4 Å². The first-order chi connectivity index (χ1) is 12.5. The van der Waals surface area contributed by atoms with Crippen molar-refractivity contribution in [3.63, 3.8) is 0 Å². The van der Waals surface area contributed by atoms with E-state index in [1.807, 2.05) is 6.07 Å². The molecule has 134 valence electrons. The lowest BCUT2D eigenvalue weighted by Crippen LogP contribution is -2.27. The van der Waals surface area contributed by atoms with Crippen molar-refractivity contribution in [2.75, 3.05) is 0 Å². The Bertz CT molecular complexity index is 893. The molecule has 0 radical (unpaired) electrons. The highest BCUT2D eigenvalue weighted by molar-refractivity contribution is 5.76. The third-order valence-electron chi connectivity index (χ3n) is 3.91. The number of halogens is 1. The van der Waals surface area contributed by atoms with Gasteiger partial charge in [0.2, 0.25) is 17.6 Å². The summed E-state index contributed by atoms with van der Waals surface area (Å²) >= 11 is 0. The van der Waals surface area contributed by atoms with Gasteiger partial charge >= 0.3 is 0 Å². The van der Waals surface area contributed by atoms with Crippen molar-refractivity contribution in [3.8, 4) is 17.1 Å². The minimum absolute atomic E-state index is 0.175. The lowest BCUT2D eigenvalue weighted by atomic mass is 10.1. The number of benzene rings is 2. The van der Waals surface area contributed by atoms with Crippen LogP contribution in [0.5, 0.6) is 5.75 Å². The highest BCUT2D eigenvalue weighted by atomic mass is 19.1. The van der Waals surface area contributed by atoms with Gasteiger partial charge in [0.1, 0.15) is 17.6 Å². The molecule has 26 heavy (non-hydrogen) atoms. The fourth-order valence-corrected chi connectivity index (χ4v) is 2.47. The van der Waals surface area contributed by atoms with Crippen LogP contribution in [0.3, 0.4) is 0 Å². The van der Waals surface area contributed by atoms with E-state index in [0.717, 1.165) is 0 Å². The van der Waals surface area contributed by atoms with E-state index >= 15 is 0 Å². The predicted molar refractivity (Wildman–Crippen MR) is 92.7 cm³/mol. The van der Waals surface area contributed by atoms with E-state index in [2.05, 4.69) is 15.5 Å². The number of aromatic nitrogens is 2. The van der Waals surface area contributed by atoms with Crippen LogP contribution in [-0.2, 0) is 11.2 Å². The van der Waals surface area contributed by atoms with Gasteiger partial charge < -0.3 is 14.9 Å². The number of phenolic OH excluding ortho intramolecular Hbond substituents is 1. The minimum Gasteiger partial charge on any atom is -0.508 e. The van der Waals surface area contributed by atoms with E-state index in [9.17, 15) is 14.3 Å². The molecule has 1 aromatic heterocycles. The average molecular weight is 355 g/mol. The maximum Gasteiger partial charge on any atom is 0.249 e. The van der Waals surface area contributed by atoms with Gasteiger partial charge in [0.15, 0.2) is 0 Å². The number of hydrogen-bond acceptors (Lipinski definition) is 5. The molecular formula is C19H18FN3O3. The lowest BCUT2D eigenvalue weighted by Gasteiger charge is -2.10. The van der Waals surface area contributed by atoms with Crippen LogP contribution in [-0.4, -0.2) is 21.2 Å². The summed E-state index contributed by atoms with van der Waals surface area (Å²) in [5, 5.41) is 16.4. The molecule has 3 aromatic rings. The summed E-state index contributed by atoms with van der Waals surface area (Å²) in [6.45, 7) is 1.74. The fourth-order valence-electron chi connectivity index (χ4n) is 2.47.